The van der Waals surface area contributed by atoms with E-state index in [-0.39, 0.29) is 43.2 Å². The number of carbonyl (C=O) groups excluding carboxylic acids is 1. The summed E-state index contributed by atoms with van der Waals surface area (Å²) in [6.07, 6.45) is 8.59. The topological polar surface area (TPSA) is 65.0 Å². The summed E-state index contributed by atoms with van der Waals surface area (Å²) in [5.74, 6) is -0.323. The van der Waals surface area contributed by atoms with Crippen LogP contribution in [0.15, 0.2) is 23.8 Å². The van der Waals surface area contributed by atoms with Crippen LogP contribution in [0.2, 0.25) is 16.6 Å². The van der Waals surface area contributed by atoms with Crippen LogP contribution in [0.25, 0.3) is 0 Å². The van der Waals surface area contributed by atoms with Gasteiger partial charge in [-0.15, -0.1) is 0 Å². The van der Waals surface area contributed by atoms with Gasteiger partial charge in [0.05, 0.1) is 12.5 Å². The molecule has 0 bridgehead atoms. The number of hydrogen-bond acceptors (Lipinski definition) is 5. The Bertz CT molecular complexity index is 604. The number of rotatable bonds is 13. The van der Waals surface area contributed by atoms with E-state index in [1.165, 1.54) is 0 Å². The first kappa shape index (κ1) is 29.1. The van der Waals surface area contributed by atoms with Crippen LogP contribution in [-0.2, 0) is 18.7 Å². The molecule has 1 fully saturated rings. The van der Waals surface area contributed by atoms with Crippen molar-refractivity contribution in [2.75, 3.05) is 13.7 Å². The zero-order valence-electron chi connectivity index (χ0n) is 21.9. The molecule has 0 aromatic carbocycles. The number of hydrogen-bond donors (Lipinski definition) is 1. The highest BCUT2D eigenvalue weighted by Gasteiger charge is 2.48. The number of aliphatic hydroxyl groups is 1. The second-order valence-electron chi connectivity index (χ2n) is 10.2. The van der Waals surface area contributed by atoms with Crippen molar-refractivity contribution >= 4 is 14.3 Å². The summed E-state index contributed by atoms with van der Waals surface area (Å²) in [5.41, 5.74) is 2.33. The number of carbonyl (C=O) groups is 1. The molecule has 6 heteroatoms. The molecule has 1 heterocycles. The minimum absolute atomic E-state index is 0.00539. The van der Waals surface area contributed by atoms with Gasteiger partial charge in [-0.1, -0.05) is 78.7 Å². The van der Waals surface area contributed by atoms with Crippen LogP contribution in [0.4, 0.5) is 0 Å². The average Bonchev–Trinajstić information content (AvgIpc) is 2.72. The lowest BCUT2D eigenvalue weighted by Crippen LogP contribution is -2.53. The molecule has 186 valence electrons. The zero-order chi connectivity index (χ0) is 24.5. The summed E-state index contributed by atoms with van der Waals surface area (Å²) >= 11 is 0. The molecule has 1 saturated heterocycles. The van der Waals surface area contributed by atoms with Gasteiger partial charge in [0, 0.05) is 13.7 Å². The molecule has 0 radical (unpaired) electrons. The summed E-state index contributed by atoms with van der Waals surface area (Å²) in [6, 6.07) is 0. The molecule has 0 aromatic rings. The van der Waals surface area contributed by atoms with E-state index in [9.17, 15) is 9.90 Å². The quantitative estimate of drug-likeness (QED) is 0.199. The number of cyclic esters (lactones) is 1. The van der Waals surface area contributed by atoms with E-state index >= 15 is 0 Å². The van der Waals surface area contributed by atoms with Crippen molar-refractivity contribution in [1.82, 2.24) is 0 Å². The van der Waals surface area contributed by atoms with Gasteiger partial charge in [-0.05, 0) is 42.3 Å². The number of esters is 1. The van der Waals surface area contributed by atoms with Crippen molar-refractivity contribution in [2.45, 2.75) is 116 Å². The van der Waals surface area contributed by atoms with Gasteiger partial charge in [0.1, 0.15) is 12.2 Å². The second-order valence-corrected chi connectivity index (χ2v) is 15.7. The fourth-order valence-corrected chi connectivity index (χ4v) is 10.8. The predicted molar refractivity (Wildman–Crippen MR) is 134 cm³/mol. The van der Waals surface area contributed by atoms with Crippen LogP contribution in [0.1, 0.15) is 81.1 Å². The van der Waals surface area contributed by atoms with Crippen molar-refractivity contribution < 1.29 is 23.8 Å². The molecule has 1 aliphatic rings. The lowest BCUT2D eigenvalue weighted by molar-refractivity contribution is -0.163. The highest BCUT2D eigenvalue weighted by Crippen LogP contribution is 2.44. The number of allylic oxidation sites excluding steroid dienone is 2. The van der Waals surface area contributed by atoms with Gasteiger partial charge in [0.25, 0.3) is 0 Å². The summed E-state index contributed by atoms with van der Waals surface area (Å²) < 4.78 is 18.4. The third-order valence-corrected chi connectivity index (χ3v) is 12.9. The summed E-state index contributed by atoms with van der Waals surface area (Å²) in [6.45, 7) is 17.8. The molecular formula is C26H48O5Si. The standard InChI is InChI=1S/C26H48O5Si/c1-10-11-23(29-9)13-12-21(8)14-25(24-15-22(17-27)16-26(28)30-24)31-32(18(2)3,19(4)5)20(6)7/h12-14,18-20,22-25,27H,10-11,15-17H2,1-9H3/t22-,23-,24-,25-/m1/s1. The summed E-state index contributed by atoms with van der Waals surface area (Å²) in [5, 5.41) is 9.73. The van der Waals surface area contributed by atoms with Crippen molar-refractivity contribution in [1.29, 1.82) is 0 Å². The molecule has 32 heavy (non-hydrogen) atoms. The number of ether oxygens (including phenoxy) is 2. The Morgan fingerprint density at radius 2 is 1.78 bits per heavy atom. The van der Waals surface area contributed by atoms with E-state index < -0.39 is 8.32 Å². The van der Waals surface area contributed by atoms with E-state index in [1.807, 2.05) is 0 Å². The third-order valence-electron chi connectivity index (χ3n) is 6.85. The average molecular weight is 469 g/mol. The Morgan fingerprint density at radius 1 is 1.19 bits per heavy atom. The van der Waals surface area contributed by atoms with E-state index in [0.717, 1.165) is 18.4 Å². The van der Waals surface area contributed by atoms with Gasteiger partial charge in [-0.2, -0.15) is 0 Å². The van der Waals surface area contributed by atoms with Crippen molar-refractivity contribution in [3.63, 3.8) is 0 Å². The molecule has 1 aliphatic heterocycles. The maximum Gasteiger partial charge on any atom is 0.306 e. The minimum Gasteiger partial charge on any atom is -0.459 e. The highest BCUT2D eigenvalue weighted by atomic mass is 28.4. The molecule has 0 saturated carbocycles. The fraction of sp³-hybridized carbons (Fsp3) is 0.808. The van der Waals surface area contributed by atoms with E-state index in [4.69, 9.17) is 13.9 Å². The first-order valence-corrected chi connectivity index (χ1v) is 14.5. The molecule has 0 aliphatic carbocycles. The summed E-state index contributed by atoms with van der Waals surface area (Å²) in [7, 11) is -0.471. The number of aliphatic hydroxyl groups excluding tert-OH is 1. The minimum atomic E-state index is -2.21. The molecular weight excluding hydrogens is 420 g/mol. The predicted octanol–water partition coefficient (Wildman–Crippen LogP) is 6.18. The van der Waals surface area contributed by atoms with Crippen LogP contribution >= 0.6 is 0 Å². The Morgan fingerprint density at radius 3 is 2.25 bits per heavy atom. The van der Waals surface area contributed by atoms with Crippen LogP contribution in [-0.4, -0.2) is 51.4 Å². The van der Waals surface area contributed by atoms with Crippen molar-refractivity contribution in [2.24, 2.45) is 5.92 Å². The monoisotopic (exact) mass is 468 g/mol. The maximum atomic E-state index is 12.3. The Balaban J connectivity index is 3.34. The first-order valence-electron chi connectivity index (χ1n) is 12.4. The number of methoxy groups -OCH3 is 1. The zero-order valence-corrected chi connectivity index (χ0v) is 22.9. The molecule has 0 aromatic heterocycles. The molecule has 0 unspecified atom stereocenters. The SMILES string of the molecule is CCC[C@H](C=CC(C)=C[C@@H](O[Si](C(C)C)(C(C)C)C(C)C)[C@H]1C[C@@H](CO)CC(=O)O1)OC. The van der Waals surface area contributed by atoms with E-state index in [1.54, 1.807) is 7.11 Å². The Hall–Kier alpha value is -0.953. The van der Waals surface area contributed by atoms with Gasteiger partial charge in [-0.3, -0.25) is 4.79 Å². The van der Waals surface area contributed by atoms with Gasteiger partial charge in [-0.25, -0.2) is 0 Å². The lowest BCUT2D eigenvalue weighted by Gasteiger charge is -2.46. The molecule has 1 N–H and O–H groups in total. The lowest BCUT2D eigenvalue weighted by atomic mass is 9.92. The van der Waals surface area contributed by atoms with Gasteiger partial charge >= 0.3 is 5.97 Å². The fourth-order valence-electron chi connectivity index (χ4n) is 5.27. The Labute approximate surface area is 197 Å². The molecule has 5 nitrogen and oxygen atoms in total. The van der Waals surface area contributed by atoms with E-state index in [0.29, 0.717) is 23.0 Å². The molecule has 4 atom stereocenters. The largest absolute Gasteiger partial charge is 0.459 e. The van der Waals surface area contributed by atoms with Crippen LogP contribution < -0.4 is 0 Å². The highest BCUT2D eigenvalue weighted by molar-refractivity contribution is 6.77. The van der Waals surface area contributed by atoms with Crippen LogP contribution in [0.3, 0.4) is 0 Å². The summed E-state index contributed by atoms with van der Waals surface area (Å²) in [4.78, 5) is 12.3. The van der Waals surface area contributed by atoms with Crippen LogP contribution in [0, 0.1) is 5.92 Å². The normalized spacial score (nSPS) is 22.8. The van der Waals surface area contributed by atoms with Gasteiger partial charge in [0.2, 0.25) is 8.32 Å². The molecule has 1 rings (SSSR count). The van der Waals surface area contributed by atoms with E-state index in [2.05, 4.69) is 73.6 Å². The third kappa shape index (κ3) is 7.82. The second kappa shape index (κ2) is 13.7. The maximum absolute atomic E-state index is 12.3. The smallest absolute Gasteiger partial charge is 0.306 e. The molecule has 0 amide bonds. The molecule has 0 spiro atoms. The van der Waals surface area contributed by atoms with Crippen molar-refractivity contribution in [3.05, 3.63) is 23.8 Å². The van der Waals surface area contributed by atoms with Crippen LogP contribution in [0.5, 0.6) is 0 Å². The van der Waals surface area contributed by atoms with Gasteiger partial charge < -0.3 is 19.0 Å². The van der Waals surface area contributed by atoms with Gasteiger partial charge in [0.15, 0.2) is 0 Å². The van der Waals surface area contributed by atoms with Crippen molar-refractivity contribution in [3.8, 4) is 0 Å². The first-order chi connectivity index (χ1) is 15.0. The Kier molecular flexibility index (Phi) is 12.4.